The van der Waals surface area contributed by atoms with E-state index in [1.54, 1.807) is 31.2 Å². The molecule has 0 aliphatic carbocycles. The molecule has 1 aliphatic rings. The number of hydrogen-bond donors (Lipinski definition) is 0. The Labute approximate surface area is 131 Å². The van der Waals surface area contributed by atoms with E-state index in [0.29, 0.717) is 18.5 Å². The Kier molecular flexibility index (Phi) is 5.12. The SMILES string of the molecule is CCOC(=O)C1CCN(C(=O)c2ccc(Br)cc2)CC1=O. The van der Waals surface area contributed by atoms with Gasteiger partial charge in [-0.2, -0.15) is 0 Å². The lowest BCUT2D eigenvalue weighted by molar-refractivity contribution is -0.153. The van der Waals surface area contributed by atoms with E-state index < -0.39 is 11.9 Å². The van der Waals surface area contributed by atoms with Crippen LogP contribution in [-0.4, -0.2) is 42.3 Å². The zero-order valence-corrected chi connectivity index (χ0v) is 13.3. The first-order valence-corrected chi connectivity index (χ1v) is 7.56. The topological polar surface area (TPSA) is 63.7 Å². The fraction of sp³-hybridized carbons (Fsp3) is 0.400. The number of likely N-dealkylation sites (tertiary alicyclic amines) is 1. The first kappa shape index (κ1) is 15.7. The van der Waals surface area contributed by atoms with E-state index in [9.17, 15) is 14.4 Å². The summed E-state index contributed by atoms with van der Waals surface area (Å²) in [5.41, 5.74) is 0.528. The standard InChI is InChI=1S/C15H16BrNO4/c1-2-21-15(20)12-7-8-17(9-13(12)18)14(19)10-3-5-11(16)6-4-10/h3-6,12H,2,7-9H2,1H3. The molecule has 0 aromatic heterocycles. The number of carbonyl (C=O) groups is 3. The summed E-state index contributed by atoms with van der Waals surface area (Å²) in [6.45, 7) is 2.29. The summed E-state index contributed by atoms with van der Waals surface area (Å²) < 4.78 is 5.76. The fourth-order valence-corrected chi connectivity index (χ4v) is 2.53. The van der Waals surface area contributed by atoms with Gasteiger partial charge in [-0.1, -0.05) is 15.9 Å². The van der Waals surface area contributed by atoms with Crippen LogP contribution < -0.4 is 0 Å². The Balaban J connectivity index is 2.02. The lowest BCUT2D eigenvalue weighted by atomic mass is 9.95. The lowest BCUT2D eigenvalue weighted by Crippen LogP contribution is -2.46. The second-order valence-corrected chi connectivity index (χ2v) is 5.71. The molecule has 1 atom stereocenters. The molecule has 0 N–H and O–H groups in total. The van der Waals surface area contributed by atoms with Crippen LogP contribution in [0.2, 0.25) is 0 Å². The van der Waals surface area contributed by atoms with Gasteiger partial charge in [-0.25, -0.2) is 0 Å². The normalized spacial score (nSPS) is 18.5. The maximum atomic E-state index is 12.3. The molecule has 1 aromatic carbocycles. The number of ether oxygens (including phenoxy) is 1. The predicted molar refractivity (Wildman–Crippen MR) is 79.8 cm³/mol. The highest BCUT2D eigenvalue weighted by molar-refractivity contribution is 9.10. The van der Waals surface area contributed by atoms with Crippen LogP contribution >= 0.6 is 15.9 Å². The van der Waals surface area contributed by atoms with Gasteiger partial charge in [0.05, 0.1) is 13.2 Å². The second kappa shape index (κ2) is 6.85. The number of piperidine rings is 1. The molecule has 0 radical (unpaired) electrons. The molecule has 1 heterocycles. The largest absolute Gasteiger partial charge is 0.465 e. The minimum Gasteiger partial charge on any atom is -0.465 e. The third kappa shape index (κ3) is 3.69. The molecule has 1 saturated heterocycles. The summed E-state index contributed by atoms with van der Waals surface area (Å²) >= 11 is 3.31. The first-order valence-electron chi connectivity index (χ1n) is 6.77. The van der Waals surface area contributed by atoms with Crippen molar-refractivity contribution in [1.29, 1.82) is 0 Å². The average Bonchev–Trinajstić information content (AvgIpc) is 2.47. The quantitative estimate of drug-likeness (QED) is 0.616. The lowest BCUT2D eigenvalue weighted by Gasteiger charge is -2.29. The Hall–Kier alpha value is -1.69. The highest BCUT2D eigenvalue weighted by atomic mass is 79.9. The van der Waals surface area contributed by atoms with Crippen LogP contribution in [-0.2, 0) is 14.3 Å². The van der Waals surface area contributed by atoms with Crippen LogP contribution in [0.15, 0.2) is 28.7 Å². The number of benzene rings is 1. The average molecular weight is 354 g/mol. The molecule has 1 unspecified atom stereocenters. The molecule has 0 spiro atoms. The molecule has 1 aliphatic heterocycles. The van der Waals surface area contributed by atoms with Crippen molar-refractivity contribution in [3.05, 3.63) is 34.3 Å². The van der Waals surface area contributed by atoms with E-state index in [0.717, 1.165) is 4.47 Å². The molecule has 0 saturated carbocycles. The van der Waals surface area contributed by atoms with Crippen molar-refractivity contribution >= 4 is 33.6 Å². The number of hydrogen-bond acceptors (Lipinski definition) is 4. The van der Waals surface area contributed by atoms with Crippen molar-refractivity contribution in [2.75, 3.05) is 19.7 Å². The predicted octanol–water partition coefficient (Wildman–Crippen LogP) is 2.04. The van der Waals surface area contributed by atoms with Crippen LogP contribution in [0.5, 0.6) is 0 Å². The van der Waals surface area contributed by atoms with Gasteiger partial charge in [-0.15, -0.1) is 0 Å². The molecule has 5 nitrogen and oxygen atoms in total. The number of nitrogens with zero attached hydrogens (tertiary/aromatic N) is 1. The Bertz CT molecular complexity index is 555. The summed E-state index contributed by atoms with van der Waals surface area (Å²) in [4.78, 5) is 37.4. The summed E-state index contributed by atoms with van der Waals surface area (Å²) in [6, 6.07) is 6.96. The second-order valence-electron chi connectivity index (χ2n) is 4.79. The van der Waals surface area contributed by atoms with Crippen LogP contribution in [0.4, 0.5) is 0 Å². The number of Topliss-reactive ketones (excluding diaryl/α,β-unsaturated/α-hetero) is 1. The number of rotatable bonds is 3. The van der Waals surface area contributed by atoms with Crippen molar-refractivity contribution in [3.63, 3.8) is 0 Å². The van der Waals surface area contributed by atoms with Crippen molar-refractivity contribution < 1.29 is 19.1 Å². The molecule has 112 valence electrons. The summed E-state index contributed by atoms with van der Waals surface area (Å²) in [7, 11) is 0. The zero-order chi connectivity index (χ0) is 15.4. The molecule has 1 amide bonds. The van der Waals surface area contributed by atoms with Crippen LogP contribution in [0.3, 0.4) is 0 Å². The molecular weight excluding hydrogens is 338 g/mol. The number of halogens is 1. The molecule has 0 bridgehead atoms. The number of ketones is 1. The summed E-state index contributed by atoms with van der Waals surface area (Å²) in [5, 5.41) is 0. The van der Waals surface area contributed by atoms with Gasteiger partial charge in [0.1, 0.15) is 5.92 Å². The van der Waals surface area contributed by atoms with E-state index in [1.165, 1.54) is 4.90 Å². The van der Waals surface area contributed by atoms with Crippen molar-refractivity contribution in [1.82, 2.24) is 4.90 Å². The third-order valence-corrected chi connectivity index (χ3v) is 3.90. The van der Waals surface area contributed by atoms with E-state index >= 15 is 0 Å². The van der Waals surface area contributed by atoms with Crippen molar-refractivity contribution in [3.8, 4) is 0 Å². The maximum absolute atomic E-state index is 12.3. The summed E-state index contributed by atoms with van der Waals surface area (Å²) in [5.74, 6) is -1.68. The van der Waals surface area contributed by atoms with Gasteiger partial charge in [-0.05, 0) is 37.6 Å². The van der Waals surface area contributed by atoms with Gasteiger partial charge < -0.3 is 9.64 Å². The minimum absolute atomic E-state index is 0.0433. The monoisotopic (exact) mass is 353 g/mol. The molecule has 2 rings (SSSR count). The van der Waals surface area contributed by atoms with E-state index in [-0.39, 0.29) is 24.8 Å². The number of esters is 1. The highest BCUT2D eigenvalue weighted by Gasteiger charge is 2.35. The zero-order valence-electron chi connectivity index (χ0n) is 11.7. The third-order valence-electron chi connectivity index (χ3n) is 3.37. The van der Waals surface area contributed by atoms with Gasteiger partial charge >= 0.3 is 5.97 Å². The molecule has 1 aromatic rings. The van der Waals surface area contributed by atoms with Crippen molar-refractivity contribution in [2.24, 2.45) is 5.92 Å². The van der Waals surface area contributed by atoms with Gasteiger partial charge in [0.15, 0.2) is 5.78 Å². The Morgan fingerprint density at radius 1 is 1.33 bits per heavy atom. The van der Waals surface area contributed by atoms with Gasteiger partial charge in [0.25, 0.3) is 5.91 Å². The smallest absolute Gasteiger partial charge is 0.316 e. The number of amides is 1. The number of carbonyl (C=O) groups excluding carboxylic acids is 3. The molecular formula is C15H16BrNO4. The molecule has 1 fully saturated rings. The fourth-order valence-electron chi connectivity index (χ4n) is 2.26. The summed E-state index contributed by atoms with van der Waals surface area (Å²) in [6.07, 6.45) is 0.319. The van der Waals surface area contributed by atoms with Crippen LogP contribution in [0, 0.1) is 5.92 Å². The van der Waals surface area contributed by atoms with E-state index in [4.69, 9.17) is 4.74 Å². The molecule has 6 heteroatoms. The molecule has 21 heavy (non-hydrogen) atoms. The maximum Gasteiger partial charge on any atom is 0.316 e. The van der Waals surface area contributed by atoms with Crippen molar-refractivity contribution in [2.45, 2.75) is 13.3 Å². The Morgan fingerprint density at radius 3 is 2.57 bits per heavy atom. The van der Waals surface area contributed by atoms with Gasteiger partial charge in [0, 0.05) is 16.6 Å². The van der Waals surface area contributed by atoms with E-state index in [2.05, 4.69) is 15.9 Å². The first-order chi connectivity index (χ1) is 10.0. The van der Waals surface area contributed by atoms with E-state index in [1.807, 2.05) is 0 Å². The highest BCUT2D eigenvalue weighted by Crippen LogP contribution is 2.19. The van der Waals surface area contributed by atoms with Gasteiger partial charge in [0.2, 0.25) is 0 Å². The van der Waals surface area contributed by atoms with Crippen LogP contribution in [0.1, 0.15) is 23.7 Å². The van der Waals surface area contributed by atoms with Crippen LogP contribution in [0.25, 0.3) is 0 Å². The van der Waals surface area contributed by atoms with Gasteiger partial charge in [-0.3, -0.25) is 14.4 Å². The Morgan fingerprint density at radius 2 is 2.00 bits per heavy atom. The minimum atomic E-state index is -0.737.